The van der Waals surface area contributed by atoms with Crippen molar-refractivity contribution in [2.24, 2.45) is 0 Å². The lowest BCUT2D eigenvalue weighted by Gasteiger charge is -2.16. The minimum atomic E-state index is -3.78. The molecule has 124 valence electrons. The fourth-order valence-electron chi connectivity index (χ4n) is 2.51. The Labute approximate surface area is 132 Å². The lowest BCUT2D eigenvalue weighted by atomic mass is 10.1. The SMILES string of the molecule is CCCC1OC(C)(C)OC1COS(=O)(=O)c1ccc(C)cc1. The highest BCUT2D eigenvalue weighted by atomic mass is 32.2. The highest BCUT2D eigenvalue weighted by Crippen LogP contribution is 2.31. The monoisotopic (exact) mass is 328 g/mol. The molecule has 1 aromatic carbocycles. The number of rotatable bonds is 6. The Kier molecular flexibility index (Phi) is 5.27. The van der Waals surface area contributed by atoms with Gasteiger partial charge in [0.25, 0.3) is 10.1 Å². The molecule has 1 fully saturated rings. The van der Waals surface area contributed by atoms with Crippen LogP contribution in [0.3, 0.4) is 0 Å². The third-order valence-corrected chi connectivity index (χ3v) is 4.85. The summed E-state index contributed by atoms with van der Waals surface area (Å²) >= 11 is 0. The van der Waals surface area contributed by atoms with Gasteiger partial charge in [-0.1, -0.05) is 31.0 Å². The molecular weight excluding hydrogens is 304 g/mol. The van der Waals surface area contributed by atoms with Gasteiger partial charge in [-0.05, 0) is 39.3 Å². The van der Waals surface area contributed by atoms with Crippen LogP contribution in [0.5, 0.6) is 0 Å². The van der Waals surface area contributed by atoms with E-state index in [2.05, 4.69) is 6.92 Å². The van der Waals surface area contributed by atoms with Gasteiger partial charge in [0.05, 0.1) is 17.6 Å². The van der Waals surface area contributed by atoms with Crippen LogP contribution in [-0.2, 0) is 23.8 Å². The van der Waals surface area contributed by atoms with Crippen LogP contribution >= 0.6 is 0 Å². The summed E-state index contributed by atoms with van der Waals surface area (Å²) in [6.07, 6.45) is 1.22. The lowest BCUT2D eigenvalue weighted by molar-refractivity contribution is -0.148. The molecular formula is C16H24O5S. The molecule has 0 saturated carbocycles. The molecule has 0 aromatic heterocycles. The fourth-order valence-corrected chi connectivity index (χ4v) is 3.43. The van der Waals surface area contributed by atoms with Crippen LogP contribution in [0, 0.1) is 6.92 Å². The number of aryl methyl sites for hydroxylation is 1. The number of hydrogen-bond donors (Lipinski definition) is 0. The zero-order valence-corrected chi connectivity index (χ0v) is 14.4. The van der Waals surface area contributed by atoms with Crippen molar-refractivity contribution in [3.63, 3.8) is 0 Å². The molecule has 2 atom stereocenters. The van der Waals surface area contributed by atoms with Crippen molar-refractivity contribution in [1.29, 1.82) is 0 Å². The van der Waals surface area contributed by atoms with E-state index in [1.54, 1.807) is 24.3 Å². The van der Waals surface area contributed by atoms with E-state index in [9.17, 15) is 8.42 Å². The highest BCUT2D eigenvalue weighted by molar-refractivity contribution is 7.86. The van der Waals surface area contributed by atoms with Crippen molar-refractivity contribution in [1.82, 2.24) is 0 Å². The molecule has 1 saturated heterocycles. The smallest absolute Gasteiger partial charge is 0.297 e. The van der Waals surface area contributed by atoms with Gasteiger partial charge in [0.1, 0.15) is 6.10 Å². The minimum Gasteiger partial charge on any atom is -0.344 e. The zero-order valence-electron chi connectivity index (χ0n) is 13.5. The van der Waals surface area contributed by atoms with Crippen molar-refractivity contribution in [2.75, 3.05) is 6.61 Å². The molecule has 2 unspecified atom stereocenters. The van der Waals surface area contributed by atoms with Gasteiger partial charge in [-0.2, -0.15) is 8.42 Å². The summed E-state index contributed by atoms with van der Waals surface area (Å²) in [7, 11) is -3.78. The van der Waals surface area contributed by atoms with E-state index in [1.165, 1.54) is 0 Å². The summed E-state index contributed by atoms with van der Waals surface area (Å²) in [5.74, 6) is -0.707. The van der Waals surface area contributed by atoms with Gasteiger partial charge in [-0.15, -0.1) is 0 Å². The standard InChI is InChI=1S/C16H24O5S/c1-5-6-14-15(21-16(3,4)20-14)11-19-22(17,18)13-9-7-12(2)8-10-13/h7-10,14-15H,5-6,11H2,1-4H3. The van der Waals surface area contributed by atoms with Crippen LogP contribution in [0.1, 0.15) is 39.2 Å². The fraction of sp³-hybridized carbons (Fsp3) is 0.625. The first-order valence-electron chi connectivity index (χ1n) is 7.55. The van der Waals surface area contributed by atoms with E-state index in [4.69, 9.17) is 13.7 Å². The van der Waals surface area contributed by atoms with E-state index >= 15 is 0 Å². The first kappa shape index (κ1) is 17.4. The summed E-state index contributed by atoms with van der Waals surface area (Å²) in [4.78, 5) is 0.156. The van der Waals surface area contributed by atoms with Gasteiger partial charge in [0.15, 0.2) is 5.79 Å². The average Bonchev–Trinajstić information content (AvgIpc) is 2.72. The zero-order chi connectivity index (χ0) is 16.4. The van der Waals surface area contributed by atoms with Gasteiger partial charge >= 0.3 is 0 Å². The molecule has 1 aromatic rings. The predicted molar refractivity (Wildman–Crippen MR) is 83.0 cm³/mol. The summed E-state index contributed by atoms with van der Waals surface area (Å²) in [5.41, 5.74) is 0.997. The molecule has 22 heavy (non-hydrogen) atoms. The molecule has 1 aliphatic heterocycles. The lowest BCUT2D eigenvalue weighted by Crippen LogP contribution is -2.29. The van der Waals surface area contributed by atoms with Crippen molar-refractivity contribution < 1.29 is 22.1 Å². The van der Waals surface area contributed by atoms with Crippen molar-refractivity contribution in [2.45, 2.75) is 63.4 Å². The molecule has 0 amide bonds. The molecule has 2 rings (SSSR count). The van der Waals surface area contributed by atoms with Gasteiger partial charge in [-0.25, -0.2) is 0 Å². The molecule has 1 heterocycles. The van der Waals surface area contributed by atoms with Crippen LogP contribution in [-0.4, -0.2) is 33.0 Å². The quantitative estimate of drug-likeness (QED) is 0.751. The maximum absolute atomic E-state index is 12.2. The Hall–Kier alpha value is -0.950. The van der Waals surface area contributed by atoms with Gasteiger partial charge in [0.2, 0.25) is 0 Å². The second kappa shape index (κ2) is 6.66. The van der Waals surface area contributed by atoms with Crippen LogP contribution in [0.25, 0.3) is 0 Å². The van der Waals surface area contributed by atoms with Crippen LogP contribution in [0.15, 0.2) is 29.2 Å². The van der Waals surface area contributed by atoms with E-state index in [1.807, 2.05) is 20.8 Å². The Morgan fingerprint density at radius 1 is 1.14 bits per heavy atom. The largest absolute Gasteiger partial charge is 0.344 e. The molecule has 0 N–H and O–H groups in total. The van der Waals surface area contributed by atoms with Gasteiger partial charge < -0.3 is 9.47 Å². The third-order valence-electron chi connectivity index (χ3n) is 3.56. The normalized spacial score (nSPS) is 24.5. The van der Waals surface area contributed by atoms with Crippen LogP contribution in [0.4, 0.5) is 0 Å². The van der Waals surface area contributed by atoms with Crippen LogP contribution < -0.4 is 0 Å². The number of benzene rings is 1. The van der Waals surface area contributed by atoms with E-state index < -0.39 is 15.9 Å². The van der Waals surface area contributed by atoms with E-state index in [-0.39, 0.29) is 23.7 Å². The maximum Gasteiger partial charge on any atom is 0.297 e. The Balaban J connectivity index is 2.03. The Morgan fingerprint density at radius 3 is 2.32 bits per heavy atom. The number of hydrogen-bond acceptors (Lipinski definition) is 5. The highest BCUT2D eigenvalue weighted by Gasteiger charge is 2.41. The van der Waals surface area contributed by atoms with Crippen molar-refractivity contribution in [3.8, 4) is 0 Å². The summed E-state index contributed by atoms with van der Waals surface area (Å²) in [5, 5.41) is 0. The second-order valence-electron chi connectivity index (χ2n) is 6.05. The van der Waals surface area contributed by atoms with Crippen molar-refractivity contribution in [3.05, 3.63) is 29.8 Å². The first-order chi connectivity index (χ1) is 10.2. The molecule has 0 aliphatic carbocycles. The van der Waals surface area contributed by atoms with Gasteiger partial charge in [0, 0.05) is 0 Å². The maximum atomic E-state index is 12.2. The Morgan fingerprint density at radius 2 is 1.73 bits per heavy atom. The van der Waals surface area contributed by atoms with E-state index in [0.717, 1.165) is 18.4 Å². The molecule has 0 spiro atoms. The third kappa shape index (κ3) is 4.29. The average molecular weight is 328 g/mol. The molecule has 0 bridgehead atoms. The molecule has 6 heteroatoms. The van der Waals surface area contributed by atoms with E-state index in [0.29, 0.717) is 0 Å². The minimum absolute atomic E-state index is 0.0374. The molecule has 5 nitrogen and oxygen atoms in total. The van der Waals surface area contributed by atoms with Gasteiger partial charge in [-0.3, -0.25) is 4.18 Å². The van der Waals surface area contributed by atoms with Crippen LogP contribution in [0.2, 0.25) is 0 Å². The summed E-state index contributed by atoms with van der Waals surface area (Å²) in [6, 6.07) is 6.58. The second-order valence-corrected chi connectivity index (χ2v) is 7.67. The first-order valence-corrected chi connectivity index (χ1v) is 8.96. The number of ether oxygens (including phenoxy) is 2. The molecule has 1 aliphatic rings. The molecule has 0 radical (unpaired) electrons. The topological polar surface area (TPSA) is 61.8 Å². The predicted octanol–water partition coefficient (Wildman–Crippen LogP) is 3.02. The Bertz CT molecular complexity index is 591. The van der Waals surface area contributed by atoms with Crippen molar-refractivity contribution >= 4 is 10.1 Å². The summed E-state index contributed by atoms with van der Waals surface area (Å²) < 4.78 is 41.1. The summed E-state index contributed by atoms with van der Waals surface area (Å²) in [6.45, 7) is 7.56.